The molecule has 17 heavy (non-hydrogen) atoms. The molecule has 2 heterocycles. The zero-order chi connectivity index (χ0) is 12.6. The van der Waals surface area contributed by atoms with E-state index in [0.29, 0.717) is 10.6 Å². The van der Waals surface area contributed by atoms with Crippen molar-refractivity contribution in [3.63, 3.8) is 0 Å². The Morgan fingerprint density at radius 1 is 1.47 bits per heavy atom. The molecule has 2 rings (SSSR count). The normalized spacial score (nSPS) is 11.1. The molecule has 1 N–H and O–H groups in total. The van der Waals surface area contributed by atoms with Crippen molar-refractivity contribution in [3.05, 3.63) is 28.6 Å². The SMILES string of the molecule is Cc1ccc(-c2sc(C(C)C)nc2C(=O)O)o1. The average Bonchev–Trinajstić information content (AvgIpc) is 2.82. The number of rotatable bonds is 3. The Morgan fingerprint density at radius 3 is 2.65 bits per heavy atom. The van der Waals surface area contributed by atoms with Gasteiger partial charge in [-0.25, -0.2) is 9.78 Å². The number of furan rings is 1. The first kappa shape index (κ1) is 11.9. The molecule has 0 saturated carbocycles. The van der Waals surface area contributed by atoms with Crippen molar-refractivity contribution in [3.8, 4) is 10.6 Å². The van der Waals surface area contributed by atoms with Crippen molar-refractivity contribution in [2.24, 2.45) is 0 Å². The Kier molecular flexibility index (Phi) is 3.02. The summed E-state index contributed by atoms with van der Waals surface area (Å²) in [6.45, 7) is 5.80. The van der Waals surface area contributed by atoms with E-state index >= 15 is 0 Å². The van der Waals surface area contributed by atoms with Crippen LogP contribution in [-0.2, 0) is 0 Å². The summed E-state index contributed by atoms with van der Waals surface area (Å²) < 4.78 is 5.46. The van der Waals surface area contributed by atoms with Gasteiger partial charge in [-0.1, -0.05) is 13.8 Å². The molecule has 0 aliphatic heterocycles. The van der Waals surface area contributed by atoms with E-state index in [9.17, 15) is 4.79 Å². The molecule has 0 amide bonds. The third kappa shape index (κ3) is 2.24. The van der Waals surface area contributed by atoms with Crippen molar-refractivity contribution in [1.29, 1.82) is 0 Å². The number of carbonyl (C=O) groups is 1. The van der Waals surface area contributed by atoms with Gasteiger partial charge in [-0.15, -0.1) is 11.3 Å². The van der Waals surface area contributed by atoms with Crippen LogP contribution < -0.4 is 0 Å². The van der Waals surface area contributed by atoms with E-state index in [1.807, 2.05) is 26.8 Å². The number of carboxylic acids is 1. The van der Waals surface area contributed by atoms with Crippen LogP contribution in [0.2, 0.25) is 0 Å². The van der Waals surface area contributed by atoms with Crippen LogP contribution in [0.1, 0.15) is 41.0 Å². The topological polar surface area (TPSA) is 63.3 Å². The van der Waals surface area contributed by atoms with Crippen LogP contribution in [0, 0.1) is 6.92 Å². The average molecular weight is 251 g/mol. The molecule has 4 nitrogen and oxygen atoms in total. The number of aryl methyl sites for hydroxylation is 1. The fourth-order valence-electron chi connectivity index (χ4n) is 1.45. The van der Waals surface area contributed by atoms with Crippen molar-refractivity contribution >= 4 is 17.3 Å². The lowest BCUT2D eigenvalue weighted by Crippen LogP contribution is -1.99. The Hall–Kier alpha value is -1.62. The van der Waals surface area contributed by atoms with Crippen LogP contribution >= 0.6 is 11.3 Å². The quantitative estimate of drug-likeness (QED) is 0.906. The minimum absolute atomic E-state index is 0.0769. The van der Waals surface area contributed by atoms with Crippen molar-refractivity contribution < 1.29 is 14.3 Å². The van der Waals surface area contributed by atoms with Crippen LogP contribution in [0.3, 0.4) is 0 Å². The maximum atomic E-state index is 11.1. The summed E-state index contributed by atoms with van der Waals surface area (Å²) in [5, 5.41) is 9.94. The fraction of sp³-hybridized carbons (Fsp3) is 0.333. The highest BCUT2D eigenvalue weighted by Gasteiger charge is 2.21. The van der Waals surface area contributed by atoms with Gasteiger partial charge in [0.25, 0.3) is 0 Å². The summed E-state index contributed by atoms with van der Waals surface area (Å²) in [4.78, 5) is 15.9. The van der Waals surface area contributed by atoms with Gasteiger partial charge in [-0.05, 0) is 19.1 Å². The molecule has 5 heteroatoms. The highest BCUT2D eigenvalue weighted by molar-refractivity contribution is 7.15. The Morgan fingerprint density at radius 2 is 2.18 bits per heavy atom. The van der Waals surface area contributed by atoms with Crippen LogP contribution in [0.25, 0.3) is 10.6 Å². The zero-order valence-corrected chi connectivity index (χ0v) is 10.7. The highest BCUT2D eigenvalue weighted by Crippen LogP contribution is 2.34. The van der Waals surface area contributed by atoms with Crippen LogP contribution in [0.15, 0.2) is 16.5 Å². The van der Waals surface area contributed by atoms with E-state index in [4.69, 9.17) is 9.52 Å². The second-order valence-electron chi connectivity index (χ2n) is 4.10. The van der Waals surface area contributed by atoms with E-state index in [0.717, 1.165) is 10.8 Å². The maximum Gasteiger partial charge on any atom is 0.356 e. The van der Waals surface area contributed by atoms with E-state index in [2.05, 4.69) is 4.98 Å². The molecule has 0 fully saturated rings. The first-order valence-corrected chi connectivity index (χ1v) is 6.11. The molecule has 2 aromatic rings. The summed E-state index contributed by atoms with van der Waals surface area (Å²) in [6.07, 6.45) is 0. The van der Waals surface area contributed by atoms with E-state index < -0.39 is 5.97 Å². The molecule has 90 valence electrons. The molecule has 0 spiro atoms. The predicted octanol–water partition coefficient (Wildman–Crippen LogP) is 3.53. The number of thiazole rings is 1. The van der Waals surface area contributed by atoms with Gasteiger partial charge in [0.1, 0.15) is 16.4 Å². The van der Waals surface area contributed by atoms with Gasteiger partial charge in [0.15, 0.2) is 5.69 Å². The van der Waals surface area contributed by atoms with Gasteiger partial charge >= 0.3 is 5.97 Å². The molecule has 0 aliphatic carbocycles. The summed E-state index contributed by atoms with van der Waals surface area (Å²) in [6, 6.07) is 3.59. The minimum atomic E-state index is -1.02. The summed E-state index contributed by atoms with van der Waals surface area (Å²) in [5.74, 6) is 0.528. The number of aromatic nitrogens is 1. The molecule has 0 aromatic carbocycles. The van der Waals surface area contributed by atoms with Crippen molar-refractivity contribution in [2.75, 3.05) is 0 Å². The summed E-state index contributed by atoms with van der Waals surface area (Å²) >= 11 is 1.38. The third-order valence-electron chi connectivity index (χ3n) is 2.30. The second-order valence-corrected chi connectivity index (χ2v) is 5.13. The number of nitrogens with zero attached hydrogens (tertiary/aromatic N) is 1. The first-order valence-electron chi connectivity index (χ1n) is 5.30. The predicted molar refractivity (Wildman–Crippen MR) is 65.6 cm³/mol. The zero-order valence-electron chi connectivity index (χ0n) is 9.85. The van der Waals surface area contributed by atoms with Crippen LogP contribution in [-0.4, -0.2) is 16.1 Å². The van der Waals surface area contributed by atoms with E-state index in [-0.39, 0.29) is 11.6 Å². The molecule has 2 aromatic heterocycles. The summed E-state index contributed by atoms with van der Waals surface area (Å²) in [5.41, 5.74) is 0.0769. The molecule has 0 bridgehead atoms. The molecule has 0 unspecified atom stereocenters. The lowest BCUT2D eigenvalue weighted by atomic mass is 10.2. The highest BCUT2D eigenvalue weighted by atomic mass is 32.1. The number of hydrogen-bond donors (Lipinski definition) is 1. The minimum Gasteiger partial charge on any atom is -0.476 e. The molecule has 0 atom stereocenters. The standard InChI is InChI=1S/C12H13NO3S/c1-6(2)11-13-9(12(14)15)10(17-11)8-5-4-7(3)16-8/h4-6H,1-3H3,(H,14,15). The van der Waals surface area contributed by atoms with Crippen molar-refractivity contribution in [2.45, 2.75) is 26.7 Å². The monoisotopic (exact) mass is 251 g/mol. The van der Waals surface area contributed by atoms with Gasteiger partial charge in [-0.2, -0.15) is 0 Å². The van der Waals surface area contributed by atoms with Crippen LogP contribution in [0.5, 0.6) is 0 Å². The largest absolute Gasteiger partial charge is 0.476 e. The van der Waals surface area contributed by atoms with Gasteiger partial charge in [-0.3, -0.25) is 0 Å². The summed E-state index contributed by atoms with van der Waals surface area (Å²) in [7, 11) is 0. The van der Waals surface area contributed by atoms with Gasteiger partial charge < -0.3 is 9.52 Å². The Labute approximate surface area is 103 Å². The first-order chi connectivity index (χ1) is 7.99. The van der Waals surface area contributed by atoms with E-state index in [1.54, 1.807) is 6.07 Å². The van der Waals surface area contributed by atoms with Gasteiger partial charge in [0.05, 0.1) is 5.01 Å². The van der Waals surface area contributed by atoms with Gasteiger partial charge in [0, 0.05) is 5.92 Å². The fourth-order valence-corrected chi connectivity index (χ4v) is 2.47. The van der Waals surface area contributed by atoms with E-state index in [1.165, 1.54) is 11.3 Å². The second kappa shape index (κ2) is 4.33. The molecular formula is C12H13NO3S. The molecule has 0 aliphatic rings. The number of hydrogen-bond acceptors (Lipinski definition) is 4. The Bertz CT molecular complexity index is 554. The van der Waals surface area contributed by atoms with Crippen LogP contribution in [0.4, 0.5) is 0 Å². The molecular weight excluding hydrogens is 238 g/mol. The smallest absolute Gasteiger partial charge is 0.356 e. The third-order valence-corrected chi connectivity index (χ3v) is 3.67. The van der Waals surface area contributed by atoms with Crippen molar-refractivity contribution in [1.82, 2.24) is 4.98 Å². The molecule has 0 saturated heterocycles. The Balaban J connectivity index is 2.55. The maximum absolute atomic E-state index is 11.1. The molecule has 0 radical (unpaired) electrons. The lowest BCUT2D eigenvalue weighted by molar-refractivity contribution is 0.0691. The van der Waals surface area contributed by atoms with Gasteiger partial charge in [0.2, 0.25) is 0 Å². The lowest BCUT2D eigenvalue weighted by Gasteiger charge is -1.94. The number of carboxylic acid groups (broad SMARTS) is 1. The number of aromatic carboxylic acids is 1.